The SMILES string of the molecule is COc1ccc(/C=N/NC(=O)CSc2nc3ccccc3o2)cc1. The second-order valence-electron chi connectivity index (χ2n) is 4.80. The molecule has 0 atom stereocenters. The Bertz CT molecular complexity index is 826. The molecule has 1 aromatic heterocycles. The average Bonchev–Trinajstić information content (AvgIpc) is 3.03. The number of nitrogens with zero attached hydrogens (tertiary/aromatic N) is 2. The Morgan fingerprint density at radius 1 is 1.29 bits per heavy atom. The van der Waals surface area contributed by atoms with Gasteiger partial charge in [0.25, 0.3) is 11.1 Å². The number of carbonyl (C=O) groups is 1. The molecule has 0 bridgehead atoms. The van der Waals surface area contributed by atoms with E-state index in [4.69, 9.17) is 9.15 Å². The maximum Gasteiger partial charge on any atom is 0.257 e. The molecule has 0 saturated heterocycles. The van der Waals surface area contributed by atoms with Gasteiger partial charge in [-0.05, 0) is 42.0 Å². The first kappa shape index (κ1) is 16.1. The molecule has 0 aliphatic rings. The summed E-state index contributed by atoms with van der Waals surface area (Å²) in [7, 11) is 1.61. The van der Waals surface area contributed by atoms with Crippen LogP contribution in [-0.2, 0) is 4.79 Å². The lowest BCUT2D eigenvalue weighted by atomic mass is 10.2. The number of rotatable bonds is 6. The summed E-state index contributed by atoms with van der Waals surface area (Å²) in [5.41, 5.74) is 4.82. The van der Waals surface area contributed by atoms with Crippen LogP contribution in [0.1, 0.15) is 5.56 Å². The minimum absolute atomic E-state index is 0.173. The highest BCUT2D eigenvalue weighted by Gasteiger charge is 2.08. The van der Waals surface area contributed by atoms with Gasteiger partial charge in [-0.3, -0.25) is 4.79 Å². The molecule has 0 spiro atoms. The molecular weight excluding hydrogens is 326 g/mol. The fourth-order valence-corrected chi connectivity index (χ4v) is 2.57. The lowest BCUT2D eigenvalue weighted by Gasteiger charge is -1.99. The van der Waals surface area contributed by atoms with Gasteiger partial charge in [-0.1, -0.05) is 23.9 Å². The minimum Gasteiger partial charge on any atom is -0.497 e. The van der Waals surface area contributed by atoms with Crippen molar-refractivity contribution in [3.8, 4) is 5.75 Å². The van der Waals surface area contributed by atoms with Gasteiger partial charge in [-0.15, -0.1) is 0 Å². The van der Waals surface area contributed by atoms with E-state index >= 15 is 0 Å². The van der Waals surface area contributed by atoms with Gasteiger partial charge in [0.2, 0.25) is 0 Å². The summed E-state index contributed by atoms with van der Waals surface area (Å²) in [5, 5.41) is 4.39. The van der Waals surface area contributed by atoms with Crippen molar-refractivity contribution in [3.05, 3.63) is 54.1 Å². The van der Waals surface area contributed by atoms with Crippen molar-refractivity contribution < 1.29 is 13.9 Å². The number of hydrogen-bond donors (Lipinski definition) is 1. The van der Waals surface area contributed by atoms with Crippen molar-refractivity contribution in [1.29, 1.82) is 0 Å². The first-order valence-corrected chi connectivity index (χ1v) is 8.17. The van der Waals surface area contributed by atoms with Crippen LogP contribution in [0.3, 0.4) is 0 Å². The standard InChI is InChI=1S/C17H15N3O3S/c1-22-13-8-6-12(7-9-13)10-18-20-16(21)11-24-17-19-14-4-2-3-5-15(14)23-17/h2-10H,11H2,1H3,(H,20,21)/b18-10+. The van der Waals surface area contributed by atoms with E-state index in [0.717, 1.165) is 16.8 Å². The number of methoxy groups -OCH3 is 1. The Morgan fingerprint density at radius 2 is 2.08 bits per heavy atom. The van der Waals surface area contributed by atoms with Gasteiger partial charge in [-0.25, -0.2) is 10.4 Å². The highest BCUT2D eigenvalue weighted by Crippen LogP contribution is 2.22. The van der Waals surface area contributed by atoms with Crippen molar-refractivity contribution in [2.45, 2.75) is 5.22 Å². The lowest BCUT2D eigenvalue weighted by Crippen LogP contribution is -2.19. The molecular formula is C17H15N3O3S. The molecule has 24 heavy (non-hydrogen) atoms. The van der Waals surface area contributed by atoms with E-state index in [1.807, 2.05) is 48.5 Å². The monoisotopic (exact) mass is 341 g/mol. The molecule has 1 heterocycles. The van der Waals surface area contributed by atoms with E-state index in [9.17, 15) is 4.79 Å². The number of para-hydroxylation sites is 2. The number of oxazole rings is 1. The number of thioether (sulfide) groups is 1. The third-order valence-corrected chi connectivity index (χ3v) is 3.95. The Labute approximate surface area is 142 Å². The third kappa shape index (κ3) is 4.14. The molecule has 0 fully saturated rings. The van der Waals surface area contributed by atoms with E-state index in [1.54, 1.807) is 13.3 Å². The second-order valence-corrected chi connectivity index (χ2v) is 5.73. The fourth-order valence-electron chi connectivity index (χ4n) is 1.94. The molecule has 3 aromatic rings. The third-order valence-electron chi connectivity index (χ3n) is 3.12. The number of benzene rings is 2. The number of nitrogens with one attached hydrogen (secondary N) is 1. The molecule has 122 valence electrons. The summed E-state index contributed by atoms with van der Waals surface area (Å²) >= 11 is 1.23. The zero-order valence-corrected chi connectivity index (χ0v) is 13.7. The van der Waals surface area contributed by atoms with Crippen LogP contribution >= 0.6 is 11.8 Å². The topological polar surface area (TPSA) is 76.7 Å². The number of carbonyl (C=O) groups excluding carboxylic acids is 1. The Balaban J connectivity index is 1.49. The molecule has 0 aliphatic carbocycles. The minimum atomic E-state index is -0.230. The highest BCUT2D eigenvalue weighted by atomic mass is 32.2. The van der Waals surface area contributed by atoms with Gasteiger partial charge in [0.05, 0.1) is 19.1 Å². The fraction of sp³-hybridized carbons (Fsp3) is 0.118. The molecule has 7 heteroatoms. The van der Waals surface area contributed by atoms with Gasteiger partial charge in [0.1, 0.15) is 11.3 Å². The number of ether oxygens (including phenoxy) is 1. The molecule has 0 radical (unpaired) electrons. The summed E-state index contributed by atoms with van der Waals surface area (Å²) in [5.74, 6) is 0.713. The summed E-state index contributed by atoms with van der Waals surface area (Å²) in [6, 6.07) is 14.8. The molecule has 1 N–H and O–H groups in total. The predicted molar refractivity (Wildman–Crippen MR) is 93.5 cm³/mol. The number of fused-ring (bicyclic) bond motifs is 1. The van der Waals surface area contributed by atoms with Gasteiger partial charge in [0, 0.05) is 0 Å². The number of hydrazone groups is 1. The van der Waals surface area contributed by atoms with Crippen molar-refractivity contribution in [3.63, 3.8) is 0 Å². The molecule has 6 nitrogen and oxygen atoms in total. The van der Waals surface area contributed by atoms with Crippen LogP contribution in [-0.4, -0.2) is 30.0 Å². The van der Waals surface area contributed by atoms with Crippen molar-refractivity contribution in [2.24, 2.45) is 5.10 Å². The van der Waals surface area contributed by atoms with Crippen LogP contribution in [0.5, 0.6) is 5.75 Å². The van der Waals surface area contributed by atoms with Gasteiger partial charge < -0.3 is 9.15 Å². The zero-order chi connectivity index (χ0) is 16.8. The van der Waals surface area contributed by atoms with Crippen LogP contribution < -0.4 is 10.2 Å². The number of aromatic nitrogens is 1. The smallest absolute Gasteiger partial charge is 0.257 e. The van der Waals surface area contributed by atoms with E-state index < -0.39 is 0 Å². The summed E-state index contributed by atoms with van der Waals surface area (Å²) in [6.07, 6.45) is 1.57. The molecule has 0 aliphatic heterocycles. The molecule has 2 aromatic carbocycles. The number of hydrogen-bond acceptors (Lipinski definition) is 6. The van der Waals surface area contributed by atoms with E-state index in [2.05, 4.69) is 15.5 Å². The Morgan fingerprint density at radius 3 is 2.83 bits per heavy atom. The maximum atomic E-state index is 11.8. The van der Waals surface area contributed by atoms with E-state index in [-0.39, 0.29) is 11.7 Å². The van der Waals surface area contributed by atoms with Gasteiger partial charge in [-0.2, -0.15) is 5.10 Å². The van der Waals surface area contributed by atoms with Crippen LogP contribution in [0, 0.1) is 0 Å². The normalized spacial score (nSPS) is 11.0. The first-order valence-electron chi connectivity index (χ1n) is 7.19. The summed E-state index contributed by atoms with van der Waals surface area (Å²) in [6.45, 7) is 0. The molecule has 0 unspecified atom stereocenters. The van der Waals surface area contributed by atoms with Crippen LogP contribution in [0.15, 0.2) is 63.3 Å². The predicted octanol–water partition coefficient (Wildman–Crippen LogP) is 3.08. The largest absolute Gasteiger partial charge is 0.497 e. The summed E-state index contributed by atoms with van der Waals surface area (Å²) < 4.78 is 10.6. The quantitative estimate of drug-likeness (QED) is 0.423. The Hall–Kier alpha value is -2.80. The Kier molecular flexibility index (Phi) is 5.12. The summed E-state index contributed by atoms with van der Waals surface area (Å²) in [4.78, 5) is 16.1. The highest BCUT2D eigenvalue weighted by molar-refractivity contribution is 7.99. The molecule has 1 amide bonds. The van der Waals surface area contributed by atoms with Crippen LogP contribution in [0.25, 0.3) is 11.1 Å². The van der Waals surface area contributed by atoms with Crippen LogP contribution in [0.4, 0.5) is 0 Å². The van der Waals surface area contributed by atoms with E-state index in [1.165, 1.54) is 11.8 Å². The van der Waals surface area contributed by atoms with Crippen molar-refractivity contribution >= 4 is 35.0 Å². The first-order chi connectivity index (χ1) is 11.7. The average molecular weight is 341 g/mol. The van der Waals surface area contributed by atoms with E-state index in [0.29, 0.717) is 10.8 Å². The van der Waals surface area contributed by atoms with Gasteiger partial charge in [0.15, 0.2) is 5.58 Å². The van der Waals surface area contributed by atoms with Crippen LogP contribution in [0.2, 0.25) is 0 Å². The second kappa shape index (κ2) is 7.65. The maximum absolute atomic E-state index is 11.8. The van der Waals surface area contributed by atoms with Crippen molar-refractivity contribution in [2.75, 3.05) is 12.9 Å². The molecule has 0 saturated carbocycles. The number of amides is 1. The molecule has 3 rings (SSSR count). The van der Waals surface area contributed by atoms with Crippen molar-refractivity contribution in [1.82, 2.24) is 10.4 Å². The van der Waals surface area contributed by atoms with Gasteiger partial charge >= 0.3 is 0 Å². The lowest BCUT2D eigenvalue weighted by molar-refractivity contribution is -0.118. The zero-order valence-electron chi connectivity index (χ0n) is 12.9.